The molecule has 43 heavy (non-hydrogen) atoms. The lowest BCUT2D eigenvalue weighted by Gasteiger charge is -2.22. The highest BCUT2D eigenvalue weighted by molar-refractivity contribution is 8.09. The molecule has 224 valence electrons. The van der Waals surface area contributed by atoms with Gasteiger partial charge in [0.1, 0.15) is 30.3 Å². The molecule has 0 amide bonds. The smallest absolute Gasteiger partial charge is 0.243 e. The molecule has 3 aromatic carbocycles. The number of rotatable bonds is 7. The number of halogens is 2. The molecule has 0 aromatic heterocycles. The monoisotopic (exact) mass is 639 g/mol. The molecule has 1 N–H and O–H groups in total. The van der Waals surface area contributed by atoms with Crippen LogP contribution in [-0.4, -0.2) is 74.3 Å². The Bertz CT molecular complexity index is 1700. The normalized spacial score (nSPS) is 21.1. The Hall–Kier alpha value is -3.22. The van der Waals surface area contributed by atoms with Crippen LogP contribution in [-0.2, 0) is 16.6 Å². The van der Waals surface area contributed by atoms with E-state index in [1.165, 1.54) is 12.1 Å². The van der Waals surface area contributed by atoms with Crippen LogP contribution >= 0.6 is 23.4 Å². The first-order chi connectivity index (χ1) is 20.8. The number of fused-ring (bicyclic) bond motifs is 1. The van der Waals surface area contributed by atoms with Gasteiger partial charge in [-0.05, 0) is 79.7 Å². The van der Waals surface area contributed by atoms with Crippen molar-refractivity contribution in [3.63, 3.8) is 0 Å². The fourth-order valence-corrected chi connectivity index (χ4v) is 8.16. The minimum absolute atomic E-state index is 0.0693. The van der Waals surface area contributed by atoms with Gasteiger partial charge < -0.3 is 15.0 Å². The molecule has 0 spiro atoms. The Morgan fingerprint density at radius 3 is 2.70 bits per heavy atom. The second-order valence-corrected chi connectivity index (χ2v) is 14.1. The van der Waals surface area contributed by atoms with Crippen LogP contribution in [0, 0.1) is 5.82 Å². The van der Waals surface area contributed by atoms with Gasteiger partial charge >= 0.3 is 0 Å². The summed E-state index contributed by atoms with van der Waals surface area (Å²) in [5.74, 6) is 0.922. The summed E-state index contributed by atoms with van der Waals surface area (Å²) in [7, 11) is -1.53. The highest BCUT2D eigenvalue weighted by atomic mass is 35.5. The Morgan fingerprint density at radius 1 is 1.07 bits per heavy atom. The summed E-state index contributed by atoms with van der Waals surface area (Å²) >= 11 is 8.13. The zero-order chi connectivity index (χ0) is 30.0. The summed E-state index contributed by atoms with van der Waals surface area (Å²) in [6.07, 6.45) is 4.46. The highest BCUT2D eigenvalue weighted by Gasteiger charge is 2.35. The van der Waals surface area contributed by atoms with E-state index in [0.717, 1.165) is 41.5 Å². The Balaban J connectivity index is 1.10. The van der Waals surface area contributed by atoms with Gasteiger partial charge in [-0.3, -0.25) is 4.99 Å². The molecule has 1 fully saturated rings. The first kappa shape index (κ1) is 29.8. The van der Waals surface area contributed by atoms with Gasteiger partial charge in [-0.15, -0.1) is 11.8 Å². The van der Waals surface area contributed by atoms with E-state index in [1.54, 1.807) is 58.8 Å². The number of nitrogens with zero attached hydrogens (tertiary/aromatic N) is 4. The highest BCUT2D eigenvalue weighted by Crippen LogP contribution is 2.42. The quantitative estimate of drug-likeness (QED) is 0.354. The molecule has 3 aliphatic rings. The van der Waals surface area contributed by atoms with Gasteiger partial charge in [0.25, 0.3) is 0 Å². The molecular formula is C31H31ClFN5O3S2. The van der Waals surface area contributed by atoms with E-state index in [1.807, 2.05) is 25.2 Å². The van der Waals surface area contributed by atoms with Crippen molar-refractivity contribution in [3.05, 3.63) is 94.8 Å². The minimum atomic E-state index is -3.55. The van der Waals surface area contributed by atoms with Gasteiger partial charge in [0.05, 0.1) is 21.2 Å². The fourth-order valence-electron chi connectivity index (χ4n) is 5.18. The second kappa shape index (κ2) is 12.8. The second-order valence-electron chi connectivity index (χ2n) is 10.6. The van der Waals surface area contributed by atoms with Crippen LogP contribution in [0.3, 0.4) is 0 Å². The molecular weight excluding hydrogens is 609 g/mol. The van der Waals surface area contributed by atoms with Crippen LogP contribution in [0.2, 0.25) is 5.02 Å². The van der Waals surface area contributed by atoms with E-state index >= 15 is 0 Å². The molecule has 0 radical (unpaired) electrons. The molecule has 3 aromatic rings. The van der Waals surface area contributed by atoms with Gasteiger partial charge in [0.2, 0.25) is 10.0 Å². The summed E-state index contributed by atoms with van der Waals surface area (Å²) in [6, 6.07) is 18.6. The summed E-state index contributed by atoms with van der Waals surface area (Å²) in [6.45, 7) is 2.84. The number of amidine groups is 1. The van der Waals surface area contributed by atoms with Gasteiger partial charge in [0.15, 0.2) is 0 Å². The molecule has 8 nitrogen and oxygen atoms in total. The van der Waals surface area contributed by atoms with Crippen molar-refractivity contribution in [2.45, 2.75) is 29.2 Å². The van der Waals surface area contributed by atoms with E-state index in [0.29, 0.717) is 34.3 Å². The number of benzene rings is 3. The van der Waals surface area contributed by atoms with Gasteiger partial charge in [0, 0.05) is 30.2 Å². The van der Waals surface area contributed by atoms with Crippen molar-refractivity contribution in [2.24, 2.45) is 9.98 Å². The molecule has 1 saturated heterocycles. The van der Waals surface area contributed by atoms with Crippen LogP contribution < -0.4 is 10.1 Å². The van der Waals surface area contributed by atoms with Crippen molar-refractivity contribution >= 4 is 56.2 Å². The van der Waals surface area contributed by atoms with E-state index in [4.69, 9.17) is 16.3 Å². The molecule has 0 aliphatic carbocycles. The van der Waals surface area contributed by atoms with Crippen LogP contribution in [0.25, 0.3) is 4.91 Å². The van der Waals surface area contributed by atoms with Crippen molar-refractivity contribution in [2.75, 3.05) is 38.5 Å². The summed E-state index contributed by atoms with van der Waals surface area (Å²) in [5.41, 5.74) is 2.40. The number of hydrogen-bond donors (Lipinski definition) is 1. The number of ether oxygens (including phenoxy) is 1. The van der Waals surface area contributed by atoms with E-state index in [-0.39, 0.29) is 23.7 Å². The third kappa shape index (κ3) is 6.81. The standard InChI is InChI=1S/C31H31ClFN5O3S2/c1-37-12-3-13-38(15-14-37)43(39,40)25-9-6-22(7-10-25)29-18-27-30(42-29)31(35-20-34-27)36-24-8-11-28(26(32)17-24)41-19-21-4-2-5-23(33)16-21/h2,4-11,16-18,20,27,30H,3,12-15,19H2,1H3,(H,34,35,36). The molecule has 2 atom stereocenters. The average Bonchev–Trinajstić information content (AvgIpc) is 3.32. The number of anilines is 1. The zero-order valence-corrected chi connectivity index (χ0v) is 25.9. The van der Waals surface area contributed by atoms with E-state index in [2.05, 4.69) is 26.3 Å². The molecule has 6 rings (SSSR count). The zero-order valence-electron chi connectivity index (χ0n) is 23.5. The Kier molecular flexibility index (Phi) is 8.88. The number of hydrogen-bond acceptors (Lipinski definition) is 8. The van der Waals surface area contributed by atoms with Crippen LogP contribution in [0.15, 0.2) is 87.7 Å². The third-order valence-corrected chi connectivity index (χ3v) is 11.1. The predicted molar refractivity (Wildman–Crippen MR) is 172 cm³/mol. The number of aliphatic imine (C=N–C) groups is 2. The Morgan fingerprint density at radius 2 is 1.91 bits per heavy atom. The number of nitrogens with one attached hydrogen (secondary N) is 1. The average molecular weight is 640 g/mol. The van der Waals surface area contributed by atoms with Gasteiger partial charge in [-0.2, -0.15) is 4.31 Å². The summed E-state index contributed by atoms with van der Waals surface area (Å²) in [4.78, 5) is 12.5. The van der Waals surface area contributed by atoms with Crippen LogP contribution in [0.1, 0.15) is 17.5 Å². The molecule has 12 heteroatoms. The maximum atomic E-state index is 13.5. The lowest BCUT2D eigenvalue weighted by Crippen LogP contribution is -2.34. The molecule has 3 aliphatic heterocycles. The van der Waals surface area contributed by atoms with Gasteiger partial charge in [-0.1, -0.05) is 35.9 Å². The number of likely N-dealkylation sites (N-methyl/N-ethyl adjacent to an activating group) is 1. The summed E-state index contributed by atoms with van der Waals surface area (Å²) < 4.78 is 47.4. The van der Waals surface area contributed by atoms with Crippen molar-refractivity contribution < 1.29 is 17.5 Å². The van der Waals surface area contributed by atoms with Gasteiger partial charge in [-0.25, -0.2) is 17.8 Å². The van der Waals surface area contributed by atoms with Crippen molar-refractivity contribution in [3.8, 4) is 5.75 Å². The largest absolute Gasteiger partial charge is 0.487 e. The first-order valence-corrected chi connectivity index (χ1v) is 16.7. The van der Waals surface area contributed by atoms with Crippen molar-refractivity contribution in [1.29, 1.82) is 0 Å². The van der Waals surface area contributed by atoms with Crippen molar-refractivity contribution in [1.82, 2.24) is 9.21 Å². The minimum Gasteiger partial charge on any atom is -0.487 e. The topological polar surface area (TPSA) is 86.6 Å². The fraction of sp³-hybridized carbons (Fsp3) is 0.290. The molecule has 0 saturated carbocycles. The lowest BCUT2D eigenvalue weighted by atomic mass is 10.1. The number of thioether (sulfide) groups is 1. The van der Waals surface area contributed by atoms with Crippen LogP contribution in [0.5, 0.6) is 5.75 Å². The molecule has 2 unspecified atom stereocenters. The van der Waals surface area contributed by atoms with E-state index < -0.39 is 10.0 Å². The maximum Gasteiger partial charge on any atom is 0.243 e. The Labute approximate surface area is 260 Å². The molecule has 0 bridgehead atoms. The third-order valence-electron chi connectivity index (χ3n) is 7.53. The molecule has 3 heterocycles. The number of sulfonamides is 1. The first-order valence-electron chi connectivity index (χ1n) is 14.0. The van der Waals surface area contributed by atoms with Crippen LogP contribution in [0.4, 0.5) is 10.1 Å². The predicted octanol–water partition coefficient (Wildman–Crippen LogP) is 5.76. The maximum absolute atomic E-state index is 13.5. The summed E-state index contributed by atoms with van der Waals surface area (Å²) in [5, 5.41) is 3.72. The lowest BCUT2D eigenvalue weighted by molar-refractivity contribution is 0.306. The SMILES string of the molecule is CN1CCCN(S(=O)(=O)c2ccc(C3=CC4N=CN=C(Nc5ccc(OCc6cccc(F)c6)c(Cl)c5)C4S3)cc2)CC1. The van der Waals surface area contributed by atoms with E-state index in [9.17, 15) is 12.8 Å².